The second kappa shape index (κ2) is 6.17. The lowest BCUT2D eigenvalue weighted by Crippen LogP contribution is -2.10. The third kappa shape index (κ3) is 3.01. The van der Waals surface area contributed by atoms with Gasteiger partial charge in [0.05, 0.1) is 25.2 Å². The molecule has 0 amide bonds. The standard InChI is InChI=1S/C13H17NO5/c1-5-11(15)8(2)9-6-12(18-3)13(19-4)7-10(9)14(16)17/h6-8H,5H2,1-4H3. The molecule has 0 aliphatic rings. The predicted molar refractivity (Wildman–Crippen MR) is 69.9 cm³/mol. The van der Waals surface area contributed by atoms with Crippen LogP contribution in [0, 0.1) is 10.1 Å². The molecular formula is C13H17NO5. The maximum absolute atomic E-state index is 11.7. The summed E-state index contributed by atoms with van der Waals surface area (Å²) in [4.78, 5) is 22.3. The molecule has 1 aromatic rings. The van der Waals surface area contributed by atoms with E-state index < -0.39 is 10.8 Å². The highest BCUT2D eigenvalue weighted by Crippen LogP contribution is 2.38. The van der Waals surface area contributed by atoms with Crippen molar-refractivity contribution in [2.75, 3.05) is 14.2 Å². The molecule has 6 heteroatoms. The van der Waals surface area contributed by atoms with Gasteiger partial charge in [-0.15, -0.1) is 0 Å². The first-order valence-electron chi connectivity index (χ1n) is 5.89. The normalized spacial score (nSPS) is 11.8. The predicted octanol–water partition coefficient (Wildman–Crippen LogP) is 2.69. The van der Waals surface area contributed by atoms with Gasteiger partial charge < -0.3 is 9.47 Å². The van der Waals surface area contributed by atoms with Crippen LogP contribution in [0.2, 0.25) is 0 Å². The SMILES string of the molecule is CCC(=O)C(C)c1cc(OC)c(OC)cc1[N+](=O)[O-]. The van der Waals surface area contributed by atoms with Crippen molar-refractivity contribution in [3.05, 3.63) is 27.8 Å². The molecule has 19 heavy (non-hydrogen) atoms. The minimum Gasteiger partial charge on any atom is -0.493 e. The van der Waals surface area contributed by atoms with Crippen molar-refractivity contribution < 1.29 is 19.2 Å². The van der Waals surface area contributed by atoms with Gasteiger partial charge >= 0.3 is 0 Å². The van der Waals surface area contributed by atoms with E-state index in [1.165, 1.54) is 26.4 Å². The van der Waals surface area contributed by atoms with E-state index >= 15 is 0 Å². The number of carbonyl (C=O) groups excluding carboxylic acids is 1. The summed E-state index contributed by atoms with van der Waals surface area (Å²) in [5, 5.41) is 11.1. The molecule has 1 unspecified atom stereocenters. The first-order chi connectivity index (χ1) is 8.96. The van der Waals surface area contributed by atoms with Gasteiger partial charge in [-0.05, 0) is 6.07 Å². The number of ketones is 1. The maximum Gasteiger partial charge on any atom is 0.277 e. The van der Waals surface area contributed by atoms with Crippen LogP contribution in [0.3, 0.4) is 0 Å². The quantitative estimate of drug-likeness (QED) is 0.585. The Morgan fingerprint density at radius 2 is 1.84 bits per heavy atom. The molecule has 1 aromatic carbocycles. The highest BCUT2D eigenvalue weighted by Gasteiger charge is 2.26. The molecule has 0 heterocycles. The fourth-order valence-corrected chi connectivity index (χ4v) is 1.87. The van der Waals surface area contributed by atoms with Crippen molar-refractivity contribution in [1.29, 1.82) is 0 Å². The molecular weight excluding hydrogens is 250 g/mol. The molecule has 0 bridgehead atoms. The summed E-state index contributed by atoms with van der Waals surface area (Å²) in [6.45, 7) is 3.38. The van der Waals surface area contributed by atoms with Crippen molar-refractivity contribution in [3.8, 4) is 11.5 Å². The summed E-state index contributed by atoms with van der Waals surface area (Å²) in [5.74, 6) is 0.0356. The Morgan fingerprint density at radius 1 is 1.32 bits per heavy atom. The van der Waals surface area contributed by atoms with Crippen molar-refractivity contribution >= 4 is 11.5 Å². The lowest BCUT2D eigenvalue weighted by Gasteiger charge is -2.14. The number of Topliss-reactive ketones (excluding diaryl/α,β-unsaturated/α-hetero) is 1. The van der Waals surface area contributed by atoms with Gasteiger partial charge in [0.25, 0.3) is 5.69 Å². The van der Waals surface area contributed by atoms with Crippen LogP contribution in [0.4, 0.5) is 5.69 Å². The van der Waals surface area contributed by atoms with E-state index in [1.807, 2.05) is 0 Å². The zero-order chi connectivity index (χ0) is 14.6. The first kappa shape index (κ1) is 14.9. The third-order valence-electron chi connectivity index (χ3n) is 3.03. The zero-order valence-electron chi connectivity index (χ0n) is 11.4. The molecule has 0 radical (unpaired) electrons. The summed E-state index contributed by atoms with van der Waals surface area (Å²) in [6.07, 6.45) is 0.326. The molecule has 0 aliphatic carbocycles. The Bertz CT molecular complexity index is 498. The summed E-state index contributed by atoms with van der Waals surface area (Å²) in [7, 11) is 2.85. The van der Waals surface area contributed by atoms with E-state index in [4.69, 9.17) is 9.47 Å². The number of nitro groups is 1. The molecule has 1 rings (SSSR count). The van der Waals surface area contributed by atoms with Gasteiger partial charge in [0.2, 0.25) is 0 Å². The van der Waals surface area contributed by atoms with Gasteiger partial charge in [-0.25, -0.2) is 0 Å². The summed E-state index contributed by atoms with van der Waals surface area (Å²) < 4.78 is 10.2. The van der Waals surface area contributed by atoms with Crippen LogP contribution < -0.4 is 9.47 Å². The van der Waals surface area contributed by atoms with Crippen LogP contribution >= 0.6 is 0 Å². The average Bonchev–Trinajstić information content (AvgIpc) is 2.43. The Labute approximate surface area is 111 Å². The monoisotopic (exact) mass is 267 g/mol. The Morgan fingerprint density at radius 3 is 2.26 bits per heavy atom. The second-order valence-electron chi connectivity index (χ2n) is 4.06. The van der Waals surface area contributed by atoms with E-state index in [-0.39, 0.29) is 17.2 Å². The smallest absolute Gasteiger partial charge is 0.277 e. The van der Waals surface area contributed by atoms with E-state index in [0.717, 1.165) is 0 Å². The molecule has 0 aromatic heterocycles. The van der Waals surface area contributed by atoms with Gasteiger partial charge in [0.1, 0.15) is 5.78 Å². The van der Waals surface area contributed by atoms with Crippen LogP contribution in [-0.4, -0.2) is 24.9 Å². The zero-order valence-corrected chi connectivity index (χ0v) is 11.4. The van der Waals surface area contributed by atoms with E-state index in [2.05, 4.69) is 0 Å². The molecule has 0 saturated heterocycles. The van der Waals surface area contributed by atoms with Gasteiger partial charge in [0, 0.05) is 17.9 Å². The summed E-state index contributed by atoms with van der Waals surface area (Å²) >= 11 is 0. The largest absolute Gasteiger partial charge is 0.493 e. The minimum absolute atomic E-state index is 0.0599. The lowest BCUT2D eigenvalue weighted by atomic mass is 9.93. The number of hydrogen-bond acceptors (Lipinski definition) is 5. The molecule has 6 nitrogen and oxygen atoms in total. The van der Waals surface area contributed by atoms with Crippen molar-refractivity contribution in [2.45, 2.75) is 26.2 Å². The van der Waals surface area contributed by atoms with Gasteiger partial charge in [-0.1, -0.05) is 13.8 Å². The maximum atomic E-state index is 11.7. The van der Waals surface area contributed by atoms with Crippen molar-refractivity contribution in [1.82, 2.24) is 0 Å². The number of nitro benzene ring substituents is 1. The molecule has 0 aliphatic heterocycles. The Kier molecular flexibility index (Phi) is 4.86. The topological polar surface area (TPSA) is 78.7 Å². The molecule has 104 valence electrons. The highest BCUT2D eigenvalue weighted by atomic mass is 16.6. The van der Waals surface area contributed by atoms with Crippen LogP contribution in [0.5, 0.6) is 11.5 Å². The number of rotatable bonds is 6. The molecule has 0 fully saturated rings. The van der Waals surface area contributed by atoms with E-state index in [9.17, 15) is 14.9 Å². The number of carbonyl (C=O) groups is 1. The number of benzene rings is 1. The van der Waals surface area contributed by atoms with Crippen LogP contribution in [0.25, 0.3) is 0 Å². The third-order valence-corrected chi connectivity index (χ3v) is 3.03. The second-order valence-corrected chi connectivity index (χ2v) is 4.06. The van der Waals surface area contributed by atoms with Gasteiger partial charge in [-0.2, -0.15) is 0 Å². The molecule has 1 atom stereocenters. The molecule has 0 N–H and O–H groups in total. The van der Waals surface area contributed by atoms with Crippen LogP contribution in [0.15, 0.2) is 12.1 Å². The van der Waals surface area contributed by atoms with Crippen LogP contribution in [0.1, 0.15) is 31.7 Å². The number of nitrogens with zero attached hydrogens (tertiary/aromatic N) is 1. The van der Waals surface area contributed by atoms with Crippen molar-refractivity contribution in [3.63, 3.8) is 0 Å². The van der Waals surface area contributed by atoms with Crippen LogP contribution in [-0.2, 0) is 4.79 Å². The number of hydrogen-bond donors (Lipinski definition) is 0. The lowest BCUT2D eigenvalue weighted by molar-refractivity contribution is -0.385. The molecule has 0 spiro atoms. The van der Waals surface area contributed by atoms with Crippen molar-refractivity contribution in [2.24, 2.45) is 0 Å². The van der Waals surface area contributed by atoms with Gasteiger partial charge in [0.15, 0.2) is 11.5 Å². The molecule has 0 saturated carbocycles. The van der Waals surface area contributed by atoms with Gasteiger partial charge in [-0.3, -0.25) is 14.9 Å². The summed E-state index contributed by atoms with van der Waals surface area (Å²) in [5.41, 5.74) is 0.210. The van der Waals surface area contributed by atoms with E-state index in [0.29, 0.717) is 17.7 Å². The minimum atomic E-state index is -0.551. The average molecular weight is 267 g/mol. The van der Waals surface area contributed by atoms with E-state index in [1.54, 1.807) is 13.8 Å². The fraction of sp³-hybridized carbons (Fsp3) is 0.462. The summed E-state index contributed by atoms with van der Waals surface area (Å²) in [6, 6.07) is 2.78. The number of methoxy groups -OCH3 is 2. The first-order valence-corrected chi connectivity index (χ1v) is 5.89. The highest BCUT2D eigenvalue weighted by molar-refractivity contribution is 5.86. The number of ether oxygens (including phenoxy) is 2. The Hall–Kier alpha value is -2.11. The Balaban J connectivity index is 3.43. The fourth-order valence-electron chi connectivity index (χ4n) is 1.87.